The third kappa shape index (κ3) is 3.40. The molecule has 2 rings (SSSR count). The van der Waals surface area contributed by atoms with Gasteiger partial charge in [0.25, 0.3) is 5.69 Å². The molecular weight excluding hydrogens is 292 g/mol. The molecule has 94 valence electrons. The molecule has 0 spiro atoms. The Bertz CT molecular complexity index is 543. The van der Waals surface area contributed by atoms with E-state index in [0.29, 0.717) is 5.03 Å². The van der Waals surface area contributed by atoms with Crippen LogP contribution in [0.4, 0.5) is 5.69 Å². The lowest BCUT2D eigenvalue weighted by molar-refractivity contribution is -0.385. The second-order valence-electron chi connectivity index (χ2n) is 2.98. The Morgan fingerprint density at radius 2 is 2.17 bits per heavy atom. The maximum atomic E-state index is 10.5. The third-order valence-electron chi connectivity index (χ3n) is 1.78. The SMILES string of the molecule is CCSc1nnc(Sc2ccc([N+](=O)[O-])cn2)s1. The van der Waals surface area contributed by atoms with Gasteiger partial charge >= 0.3 is 0 Å². The van der Waals surface area contributed by atoms with E-state index in [1.807, 2.05) is 0 Å². The van der Waals surface area contributed by atoms with Crippen LogP contribution < -0.4 is 0 Å². The molecule has 0 aliphatic rings. The number of thioether (sulfide) groups is 1. The molecule has 18 heavy (non-hydrogen) atoms. The van der Waals surface area contributed by atoms with Gasteiger partial charge in [0, 0.05) is 6.07 Å². The average molecular weight is 300 g/mol. The largest absolute Gasteiger partial charge is 0.287 e. The lowest BCUT2D eigenvalue weighted by Gasteiger charge is -1.95. The van der Waals surface area contributed by atoms with Crippen LogP contribution in [0.25, 0.3) is 0 Å². The van der Waals surface area contributed by atoms with Crippen molar-refractivity contribution in [3.05, 3.63) is 28.4 Å². The topological polar surface area (TPSA) is 81.8 Å². The Kier molecular flexibility index (Phi) is 4.50. The fourth-order valence-electron chi connectivity index (χ4n) is 1.05. The van der Waals surface area contributed by atoms with Crippen LogP contribution in [0.2, 0.25) is 0 Å². The van der Waals surface area contributed by atoms with Crippen LogP contribution in [0.3, 0.4) is 0 Å². The molecule has 0 N–H and O–H groups in total. The zero-order chi connectivity index (χ0) is 13.0. The summed E-state index contributed by atoms with van der Waals surface area (Å²) in [6.07, 6.45) is 1.24. The summed E-state index contributed by atoms with van der Waals surface area (Å²) in [4.78, 5) is 14.0. The molecule has 2 aromatic rings. The van der Waals surface area contributed by atoms with Gasteiger partial charge in [-0.25, -0.2) is 4.98 Å². The first kappa shape index (κ1) is 13.2. The van der Waals surface area contributed by atoms with Gasteiger partial charge < -0.3 is 0 Å². The summed E-state index contributed by atoms with van der Waals surface area (Å²) >= 11 is 4.48. The molecule has 0 amide bonds. The molecule has 9 heteroatoms. The van der Waals surface area contributed by atoms with Crippen molar-refractivity contribution in [1.82, 2.24) is 15.2 Å². The highest BCUT2D eigenvalue weighted by atomic mass is 32.2. The van der Waals surface area contributed by atoms with Gasteiger partial charge in [0.2, 0.25) is 0 Å². The zero-order valence-electron chi connectivity index (χ0n) is 9.27. The Balaban J connectivity index is 2.06. The Morgan fingerprint density at radius 1 is 1.39 bits per heavy atom. The van der Waals surface area contributed by atoms with Crippen molar-refractivity contribution in [1.29, 1.82) is 0 Å². The van der Waals surface area contributed by atoms with Crippen LogP contribution in [0.5, 0.6) is 0 Å². The van der Waals surface area contributed by atoms with Gasteiger partial charge in [0.1, 0.15) is 11.2 Å². The predicted molar refractivity (Wildman–Crippen MR) is 71.3 cm³/mol. The second-order valence-corrected chi connectivity index (χ2v) is 6.74. The molecule has 2 heterocycles. The number of nitrogens with zero attached hydrogens (tertiary/aromatic N) is 4. The van der Waals surface area contributed by atoms with E-state index >= 15 is 0 Å². The molecule has 0 unspecified atom stereocenters. The molecule has 0 bridgehead atoms. The van der Waals surface area contributed by atoms with Crippen LogP contribution in [0.15, 0.2) is 32.0 Å². The van der Waals surface area contributed by atoms with E-state index in [9.17, 15) is 10.1 Å². The first-order valence-corrected chi connectivity index (χ1v) is 7.55. The molecule has 0 aromatic carbocycles. The lowest BCUT2D eigenvalue weighted by Crippen LogP contribution is -1.89. The Morgan fingerprint density at radius 3 is 2.78 bits per heavy atom. The molecule has 6 nitrogen and oxygen atoms in total. The molecule has 0 fully saturated rings. The first-order chi connectivity index (χ1) is 8.69. The van der Waals surface area contributed by atoms with E-state index in [2.05, 4.69) is 22.1 Å². The fourth-order valence-corrected chi connectivity index (χ4v) is 3.85. The maximum Gasteiger partial charge on any atom is 0.287 e. The minimum atomic E-state index is -0.470. The highest BCUT2D eigenvalue weighted by Crippen LogP contribution is 2.32. The van der Waals surface area contributed by atoms with Gasteiger partial charge in [0.15, 0.2) is 8.68 Å². The monoisotopic (exact) mass is 300 g/mol. The van der Waals surface area contributed by atoms with Crippen molar-refractivity contribution < 1.29 is 4.92 Å². The summed E-state index contributed by atoms with van der Waals surface area (Å²) in [7, 11) is 0. The van der Waals surface area contributed by atoms with E-state index in [0.717, 1.165) is 14.4 Å². The third-order valence-corrected chi connectivity index (χ3v) is 4.72. The molecule has 0 radical (unpaired) electrons. The minimum absolute atomic E-state index is 0.0150. The lowest BCUT2D eigenvalue weighted by atomic mass is 10.4. The number of hydrogen-bond acceptors (Lipinski definition) is 8. The van der Waals surface area contributed by atoms with Gasteiger partial charge in [-0.3, -0.25) is 10.1 Å². The van der Waals surface area contributed by atoms with Crippen LogP contribution in [-0.4, -0.2) is 25.9 Å². The number of rotatable bonds is 5. The number of aromatic nitrogens is 3. The minimum Gasteiger partial charge on any atom is -0.258 e. The highest BCUT2D eigenvalue weighted by molar-refractivity contribution is 8.03. The van der Waals surface area contributed by atoms with Crippen molar-refractivity contribution in [3.8, 4) is 0 Å². The predicted octanol–water partition coefficient (Wildman–Crippen LogP) is 3.10. The van der Waals surface area contributed by atoms with Gasteiger partial charge in [-0.2, -0.15) is 0 Å². The maximum absolute atomic E-state index is 10.5. The molecule has 0 atom stereocenters. The zero-order valence-corrected chi connectivity index (χ0v) is 11.7. The van der Waals surface area contributed by atoms with Gasteiger partial charge in [0.05, 0.1) is 4.92 Å². The fraction of sp³-hybridized carbons (Fsp3) is 0.222. The highest BCUT2D eigenvalue weighted by Gasteiger charge is 2.09. The van der Waals surface area contributed by atoms with Gasteiger partial charge in [-0.15, -0.1) is 10.2 Å². The van der Waals surface area contributed by atoms with E-state index in [4.69, 9.17) is 0 Å². The number of pyridine rings is 1. The van der Waals surface area contributed by atoms with Gasteiger partial charge in [-0.05, 0) is 23.6 Å². The van der Waals surface area contributed by atoms with Crippen LogP contribution in [0, 0.1) is 10.1 Å². The van der Waals surface area contributed by atoms with Crippen molar-refractivity contribution in [3.63, 3.8) is 0 Å². The summed E-state index contributed by atoms with van der Waals surface area (Å²) < 4.78 is 1.70. The van der Waals surface area contributed by atoms with Crippen LogP contribution in [0.1, 0.15) is 6.92 Å². The smallest absolute Gasteiger partial charge is 0.258 e. The molecule has 0 saturated carbocycles. The quantitative estimate of drug-likeness (QED) is 0.476. The van der Waals surface area contributed by atoms with Crippen molar-refractivity contribution in [2.45, 2.75) is 20.6 Å². The Labute approximate surface area is 115 Å². The summed E-state index contributed by atoms with van der Waals surface area (Å²) in [6.45, 7) is 2.05. The van der Waals surface area contributed by atoms with E-state index < -0.39 is 4.92 Å². The van der Waals surface area contributed by atoms with E-state index in [-0.39, 0.29) is 5.69 Å². The standard InChI is InChI=1S/C9H8N4O2S3/c1-2-16-8-11-12-9(18-8)17-7-4-3-6(5-10-7)13(14)15/h3-5H,2H2,1H3. The van der Waals surface area contributed by atoms with Crippen molar-refractivity contribution >= 4 is 40.5 Å². The van der Waals surface area contributed by atoms with Gasteiger partial charge in [-0.1, -0.05) is 30.0 Å². The van der Waals surface area contributed by atoms with Crippen LogP contribution >= 0.6 is 34.9 Å². The second kappa shape index (κ2) is 6.12. The molecule has 0 aliphatic heterocycles. The van der Waals surface area contributed by atoms with Crippen molar-refractivity contribution in [2.24, 2.45) is 0 Å². The molecule has 0 aliphatic carbocycles. The summed E-state index contributed by atoms with van der Waals surface area (Å²) in [5, 5.41) is 19.2. The molecular formula is C9H8N4O2S3. The normalized spacial score (nSPS) is 10.5. The summed E-state index contributed by atoms with van der Waals surface area (Å²) in [5.41, 5.74) is -0.0150. The average Bonchev–Trinajstić information content (AvgIpc) is 2.78. The van der Waals surface area contributed by atoms with Crippen LogP contribution in [-0.2, 0) is 0 Å². The van der Waals surface area contributed by atoms with Crippen molar-refractivity contribution in [2.75, 3.05) is 5.75 Å². The Hall–Kier alpha value is -1.19. The summed E-state index contributed by atoms with van der Waals surface area (Å²) in [5.74, 6) is 0.953. The number of hydrogen-bond donors (Lipinski definition) is 0. The number of nitro groups is 1. The molecule has 0 saturated heterocycles. The van der Waals surface area contributed by atoms with E-state index in [1.54, 1.807) is 17.8 Å². The first-order valence-electron chi connectivity index (χ1n) is 4.93. The van der Waals surface area contributed by atoms with E-state index in [1.165, 1.54) is 35.4 Å². The summed E-state index contributed by atoms with van der Waals surface area (Å²) in [6, 6.07) is 3.04. The molecule has 2 aromatic heterocycles.